The lowest BCUT2D eigenvalue weighted by molar-refractivity contribution is -0.148. The number of nitrogens with two attached hydrogens (primary N) is 2. The summed E-state index contributed by atoms with van der Waals surface area (Å²) < 4.78 is 0. The van der Waals surface area contributed by atoms with Gasteiger partial charge in [0.05, 0.1) is 49.1 Å². The quantitative estimate of drug-likeness (QED) is 0.0117. The molecular weight excluding hydrogens is 1560 g/mol. The van der Waals surface area contributed by atoms with Crippen LogP contribution >= 0.6 is 35.3 Å². The number of fused-ring (bicyclic) bond motifs is 4. The molecule has 6 rings (SSSR count). The summed E-state index contributed by atoms with van der Waals surface area (Å²) in [6.07, 6.45) is -1.74. The maximum Gasteiger partial charge on any atom is 0.305 e. The smallest absolute Gasteiger partial charge is 0.305 e. The van der Waals surface area contributed by atoms with Gasteiger partial charge in [0, 0.05) is 68.6 Å². The van der Waals surface area contributed by atoms with Gasteiger partial charge in [-0.2, -0.15) is 35.3 Å². The maximum absolute atomic E-state index is 15.1. The van der Waals surface area contributed by atoms with Crippen molar-refractivity contribution in [3.8, 4) is 0 Å². The Hall–Kier alpha value is -10.4. The fourth-order valence-electron chi connectivity index (χ4n) is 12.7. The molecule has 40 nitrogen and oxygen atoms in total. The fourth-order valence-corrected chi connectivity index (χ4v) is 15.2. The number of rotatable bonds is 33. The number of carbonyl (C=O) groups excluding carboxylic acids is 12. The Balaban J connectivity index is 1.37. The molecule has 2 aromatic carbocycles. The first-order valence-electron chi connectivity index (χ1n) is 36.9. The minimum Gasteiger partial charge on any atom is -0.481 e. The number of hydrogen-bond acceptors (Lipinski definition) is 25. The van der Waals surface area contributed by atoms with Crippen LogP contribution in [0.3, 0.4) is 0 Å². The molecule has 16 atom stereocenters. The number of carboxylic acids is 3. The van der Waals surface area contributed by atoms with E-state index in [-0.39, 0.29) is 74.0 Å². The number of aliphatic hydroxyl groups is 3. The van der Waals surface area contributed by atoms with Crippen molar-refractivity contribution >= 4 is 130 Å². The molecule has 2 unspecified atom stereocenters. The van der Waals surface area contributed by atoms with E-state index in [1.165, 1.54) is 65.8 Å². The van der Waals surface area contributed by atoms with Gasteiger partial charge in [0.25, 0.3) is 0 Å². The molecule has 3 aliphatic heterocycles. The molecule has 630 valence electrons. The Bertz CT molecular complexity index is 3930. The first-order chi connectivity index (χ1) is 54.6. The molecule has 24 N–H and O–H groups in total. The predicted octanol–water partition coefficient (Wildman–Crippen LogP) is -5.21. The Morgan fingerprint density at radius 3 is 1.97 bits per heavy atom. The van der Waals surface area contributed by atoms with Crippen molar-refractivity contribution in [2.45, 2.75) is 200 Å². The van der Waals surface area contributed by atoms with E-state index in [0.29, 0.717) is 35.3 Å². The third kappa shape index (κ3) is 30.7. The summed E-state index contributed by atoms with van der Waals surface area (Å²) in [5.41, 5.74) is 12.7. The fraction of sp³-hybridized carbons (Fsp3) is 0.542. The minimum absolute atomic E-state index is 0.0450. The molecule has 4 heterocycles. The van der Waals surface area contributed by atoms with Crippen LogP contribution < -0.4 is 75.3 Å². The highest BCUT2D eigenvalue weighted by molar-refractivity contribution is 7.99. The van der Waals surface area contributed by atoms with Crippen LogP contribution in [-0.4, -0.2) is 285 Å². The average Bonchev–Trinajstić information content (AvgIpc) is 1.67. The van der Waals surface area contributed by atoms with Crippen molar-refractivity contribution in [1.82, 2.24) is 83.6 Å². The summed E-state index contributed by atoms with van der Waals surface area (Å²) in [6.45, 7) is 3.66. The number of imidazole rings is 1. The lowest BCUT2D eigenvalue weighted by atomic mass is 10.0. The first kappa shape index (κ1) is 93.4. The van der Waals surface area contributed by atoms with Crippen LogP contribution in [0.25, 0.3) is 0 Å². The summed E-state index contributed by atoms with van der Waals surface area (Å²) in [6, 6.07) is -4.65. The second-order valence-electron chi connectivity index (χ2n) is 27.7. The number of aromatic nitrogens is 2. The number of nitrogens with one attached hydrogen (secondary N) is 14. The molecule has 115 heavy (non-hydrogen) atoms. The van der Waals surface area contributed by atoms with Gasteiger partial charge < -0.3 is 110 Å². The molecule has 2 bridgehead atoms. The van der Waals surface area contributed by atoms with Crippen molar-refractivity contribution in [2.24, 2.45) is 11.5 Å². The van der Waals surface area contributed by atoms with E-state index in [2.05, 4.69) is 73.8 Å². The second-order valence-corrected chi connectivity index (χ2v) is 30.7. The van der Waals surface area contributed by atoms with Gasteiger partial charge in [-0.25, -0.2) is 4.98 Å². The third-order valence-corrected chi connectivity index (χ3v) is 21.4. The SMILES string of the molecule is CSCC[C@H](NC(C)=O)C(=O)N[C@H]1CSCc2cccc(c2)CSC[C@@H](C(=O)N[C@@H](CC(=O)O)C(=O)N[C@@H](Cc2c[nH]cn2)C(=O)N[C@@H](C)C(O)N[C@@H](/C=C/CNC(=N)N)C(=O)N[C@@H](CC(=O)O)C(N)=O)NC(O)[C@H](Cc2ccccc2)NC(=O)[C@H](CCC(=O)O)NC(=O)[C@H]([C@@H](C)O)NC(=O)[C@@H]2CCCN2C(=O)[C@@H]2CCCN2C1=O. The van der Waals surface area contributed by atoms with Crippen molar-refractivity contribution in [2.75, 3.05) is 43.1 Å². The summed E-state index contributed by atoms with van der Waals surface area (Å²) >= 11 is 3.79. The number of hydrogen-bond donors (Lipinski definition) is 22. The van der Waals surface area contributed by atoms with Crippen LogP contribution in [0.1, 0.15) is 101 Å². The number of amides is 12. The molecule has 1 aromatic heterocycles. The normalized spacial score (nSPS) is 22.3. The molecule has 3 aromatic rings. The van der Waals surface area contributed by atoms with Gasteiger partial charge in [0.2, 0.25) is 70.9 Å². The van der Waals surface area contributed by atoms with E-state index in [9.17, 15) is 97.8 Å². The number of carboxylic acid groups (broad SMARTS) is 3. The molecule has 43 heteroatoms. The van der Waals surface area contributed by atoms with Crippen LogP contribution in [0.15, 0.2) is 79.3 Å². The van der Waals surface area contributed by atoms with Crippen molar-refractivity contribution in [1.29, 1.82) is 5.41 Å². The average molecular weight is 1670 g/mol. The number of benzene rings is 2. The Kier molecular flexibility index (Phi) is 38.0. The van der Waals surface area contributed by atoms with Crippen LogP contribution in [0.2, 0.25) is 0 Å². The number of guanidine groups is 1. The molecule has 12 amide bonds. The molecule has 0 spiro atoms. The van der Waals surface area contributed by atoms with E-state index >= 15 is 4.79 Å². The Morgan fingerprint density at radius 2 is 1.36 bits per heavy atom. The van der Waals surface area contributed by atoms with Crippen LogP contribution in [-0.2, 0) is 96.3 Å². The predicted molar refractivity (Wildman–Crippen MR) is 420 cm³/mol. The standard InChI is InChI=1S/C72H103N19O21S3/c1-37(60(101)81-44(16-9-22-77-72(74)75)61(102)83-47(59(73)100)29-56(96)97)79-64(105)49(28-43-31-76-36-78-43)85-66(107)50(30-57(98)99)86-67(108)51-34-114-32-41-14-8-15-42(26-41)33-115-35-52(88-63(104)46(21-25-113-4)80-39(3)93)70(111)91-24-11-18-54(91)71(112)90-23-10-17-53(90)68(109)89-58(38(2)92)69(110)82-45(19-20-55(94)95)62(103)84-48(65(106)87-51)27-40-12-6-5-7-13-40/h5-9,12-16,26,31,36-38,44-54,58,60,65,81,87,92,101,106H,10-11,17-25,27-30,32-35H2,1-4H3,(H2,73,100)(H,76,78)(H,79,105)(H,80,93)(H,82,110)(H,83,102)(H,84,103)(H,85,107)(H,86,108)(H,88,104)(H,89,109)(H,94,95)(H,96,97)(H,98,99)(H4,74,75,77)/b16-9+/t37-,38+,44-,45-,46-,47-,48-,49-,50-,51-,52-,53-,54-,58-,60?,65?/m0/s1. The highest BCUT2D eigenvalue weighted by Gasteiger charge is 2.46. The molecule has 3 aliphatic rings. The third-order valence-electron chi connectivity index (χ3n) is 18.6. The summed E-state index contributed by atoms with van der Waals surface area (Å²) in [7, 11) is 0. The van der Waals surface area contributed by atoms with Gasteiger partial charge in [-0.1, -0.05) is 66.7 Å². The molecule has 2 fully saturated rings. The largest absolute Gasteiger partial charge is 0.481 e. The minimum atomic E-state index is -2.05. The monoisotopic (exact) mass is 1670 g/mol. The van der Waals surface area contributed by atoms with Gasteiger partial charge >= 0.3 is 17.9 Å². The highest BCUT2D eigenvalue weighted by Crippen LogP contribution is 2.28. The topological polar surface area (TPSA) is 633 Å². The van der Waals surface area contributed by atoms with Gasteiger partial charge in [0.15, 0.2) is 5.96 Å². The van der Waals surface area contributed by atoms with Crippen LogP contribution in [0.5, 0.6) is 0 Å². The van der Waals surface area contributed by atoms with Crippen LogP contribution in [0, 0.1) is 5.41 Å². The lowest BCUT2D eigenvalue weighted by Gasteiger charge is -2.34. The number of thioether (sulfide) groups is 3. The number of H-pyrrole nitrogens is 1. The van der Waals surface area contributed by atoms with Crippen molar-refractivity contribution in [3.63, 3.8) is 0 Å². The van der Waals surface area contributed by atoms with Crippen molar-refractivity contribution < 1.29 is 103 Å². The van der Waals surface area contributed by atoms with Gasteiger partial charge in [0.1, 0.15) is 72.9 Å². The van der Waals surface area contributed by atoms with Crippen molar-refractivity contribution in [3.05, 3.63) is 102 Å². The zero-order valence-electron chi connectivity index (χ0n) is 63.7. The van der Waals surface area contributed by atoms with E-state index in [4.69, 9.17) is 16.9 Å². The second kappa shape index (κ2) is 46.8. The zero-order chi connectivity index (χ0) is 84.6. The van der Waals surface area contributed by atoms with Gasteiger partial charge in [-0.3, -0.25) is 88.0 Å². The number of primary amides is 1. The van der Waals surface area contributed by atoms with E-state index in [0.717, 1.165) is 24.8 Å². The Labute approximate surface area is 674 Å². The zero-order valence-corrected chi connectivity index (χ0v) is 66.2. The summed E-state index contributed by atoms with van der Waals surface area (Å²) in [5.74, 6) is -15.9. The first-order valence-corrected chi connectivity index (χ1v) is 40.6. The molecular formula is C72H103N19O21S3. The number of aromatic amines is 1. The van der Waals surface area contributed by atoms with Gasteiger partial charge in [-0.05, 0) is 87.5 Å². The number of aliphatic carboxylic acids is 3. The highest BCUT2D eigenvalue weighted by atomic mass is 32.2. The number of aliphatic hydroxyl groups excluding tert-OH is 3. The van der Waals surface area contributed by atoms with E-state index in [1.807, 2.05) is 12.3 Å². The lowest BCUT2D eigenvalue weighted by Crippen LogP contribution is -2.63. The molecule has 0 aliphatic carbocycles. The number of carbonyl (C=O) groups is 15. The van der Waals surface area contributed by atoms with Gasteiger partial charge in [-0.15, -0.1) is 0 Å². The molecule has 2 saturated heterocycles. The van der Waals surface area contributed by atoms with E-state index in [1.54, 1.807) is 48.5 Å². The summed E-state index contributed by atoms with van der Waals surface area (Å²) in [4.78, 5) is 216. The van der Waals surface area contributed by atoms with Crippen LogP contribution in [0.4, 0.5) is 0 Å². The molecule has 0 radical (unpaired) electrons. The molecule has 0 saturated carbocycles. The number of nitrogens with zero attached hydrogens (tertiary/aromatic N) is 3. The van der Waals surface area contributed by atoms with E-state index < -0.39 is 224 Å². The summed E-state index contributed by atoms with van der Waals surface area (Å²) in [5, 5.41) is 103. The Morgan fingerprint density at radius 1 is 0.722 bits per heavy atom. The maximum atomic E-state index is 15.1.